The van der Waals surface area contributed by atoms with Crippen molar-refractivity contribution in [1.82, 2.24) is 0 Å². The lowest BCUT2D eigenvalue weighted by molar-refractivity contribution is -0.354. The molecule has 3 aliphatic rings. The molecule has 11 atom stereocenters. The van der Waals surface area contributed by atoms with Crippen LogP contribution in [0.4, 0.5) is 0 Å². The Bertz CT molecular complexity index is 1240. The van der Waals surface area contributed by atoms with Crippen molar-refractivity contribution in [3.05, 3.63) is 47.5 Å². The van der Waals surface area contributed by atoms with E-state index in [1.807, 2.05) is 0 Å². The first-order valence-corrected chi connectivity index (χ1v) is 13.0. The second kappa shape index (κ2) is 12.6. The van der Waals surface area contributed by atoms with Crippen LogP contribution >= 0.6 is 0 Å². The van der Waals surface area contributed by atoms with Crippen LogP contribution in [-0.4, -0.2) is 120 Å². The number of phenolic OH excluding ortho intramolecular Hbond substituents is 2. The number of aliphatic hydroxyl groups excluding tert-OH is 6. The van der Waals surface area contributed by atoms with Gasteiger partial charge < -0.3 is 70.0 Å². The number of phenols is 2. The van der Waals surface area contributed by atoms with Crippen LogP contribution < -0.4 is 9.47 Å². The van der Waals surface area contributed by atoms with Gasteiger partial charge >= 0.3 is 0 Å². The zero-order valence-corrected chi connectivity index (χ0v) is 22.3. The molecule has 5 rings (SSSR count). The summed E-state index contributed by atoms with van der Waals surface area (Å²) in [5.74, 6) is -0.947. The molecule has 2 aromatic carbocycles. The minimum absolute atomic E-state index is 0. The van der Waals surface area contributed by atoms with Crippen LogP contribution in [-0.2, 0) is 14.2 Å². The molecule has 2 aromatic rings. The summed E-state index contributed by atoms with van der Waals surface area (Å²) in [4.78, 5) is 12.9. The van der Waals surface area contributed by atoms with Crippen molar-refractivity contribution in [3.63, 3.8) is 0 Å². The Morgan fingerprint density at radius 2 is 1.57 bits per heavy atom. The van der Waals surface area contributed by atoms with E-state index in [0.717, 1.165) is 6.07 Å². The van der Waals surface area contributed by atoms with Crippen molar-refractivity contribution in [2.75, 3.05) is 6.61 Å². The van der Waals surface area contributed by atoms with Crippen molar-refractivity contribution in [3.8, 4) is 23.0 Å². The van der Waals surface area contributed by atoms with Crippen LogP contribution in [0.15, 0.2) is 36.4 Å². The second-order valence-corrected chi connectivity index (χ2v) is 10.2. The molecule has 2 saturated heterocycles. The number of ketones is 1. The highest BCUT2D eigenvalue weighted by molar-refractivity contribution is 6.02. The Kier molecular flexibility index (Phi) is 9.58. The topological polar surface area (TPSA) is 257 Å². The molecule has 3 heterocycles. The second-order valence-electron chi connectivity index (χ2n) is 10.2. The largest absolute Gasteiger partial charge is 0.508 e. The number of carbonyl (C=O) groups excluding carboxylic acids is 1. The quantitative estimate of drug-likeness (QED) is 0.179. The fraction of sp³-hybridized carbons (Fsp3) is 0.519. The Hall–Kier alpha value is -3.09. The first-order valence-electron chi connectivity index (χ1n) is 13.0. The predicted octanol–water partition coefficient (Wildman–Crippen LogP) is -1.99. The SMILES string of the molecule is C[C@@H]1O[C@@H](O[C@H]2[C@H](Oc3cc(O)c4c(c3)O[C@H](c3ccc(O)cc3)CC4=O)O[C@H](CO)[C@@H](O)[C@@H]2O)[C@H](O)[C@H](O)[C@H]1O.O. The van der Waals surface area contributed by atoms with Gasteiger partial charge in [0, 0.05) is 12.1 Å². The van der Waals surface area contributed by atoms with Gasteiger partial charge in [0.1, 0.15) is 71.3 Å². The van der Waals surface area contributed by atoms with Crippen LogP contribution in [0.3, 0.4) is 0 Å². The molecule has 232 valence electrons. The third-order valence-electron chi connectivity index (χ3n) is 7.42. The van der Waals surface area contributed by atoms with Gasteiger partial charge in [0.25, 0.3) is 0 Å². The summed E-state index contributed by atoms with van der Waals surface area (Å²) in [6.07, 6.45) is -16.0. The van der Waals surface area contributed by atoms with Gasteiger partial charge in [-0.15, -0.1) is 0 Å². The molecule has 0 amide bonds. The highest BCUT2D eigenvalue weighted by Crippen LogP contribution is 2.43. The Morgan fingerprint density at radius 1 is 0.881 bits per heavy atom. The van der Waals surface area contributed by atoms with Gasteiger partial charge in [-0.3, -0.25) is 4.79 Å². The normalized spacial score (nSPS) is 36.4. The van der Waals surface area contributed by atoms with E-state index >= 15 is 0 Å². The Morgan fingerprint density at radius 3 is 2.24 bits per heavy atom. The molecule has 0 aliphatic carbocycles. The summed E-state index contributed by atoms with van der Waals surface area (Å²) < 4.78 is 28.6. The van der Waals surface area contributed by atoms with E-state index in [0.29, 0.717) is 5.56 Å². The number of rotatable bonds is 6. The Labute approximate surface area is 239 Å². The highest BCUT2D eigenvalue weighted by Gasteiger charge is 2.51. The summed E-state index contributed by atoms with van der Waals surface area (Å²) in [6, 6.07) is 8.50. The molecule has 0 bridgehead atoms. The summed E-state index contributed by atoms with van der Waals surface area (Å²) >= 11 is 0. The summed E-state index contributed by atoms with van der Waals surface area (Å²) in [7, 11) is 0. The number of fused-ring (bicyclic) bond motifs is 1. The molecule has 0 spiro atoms. The monoisotopic (exact) mass is 598 g/mol. The summed E-state index contributed by atoms with van der Waals surface area (Å²) in [5.41, 5.74) is 0.529. The molecule has 10 N–H and O–H groups in total. The zero-order valence-electron chi connectivity index (χ0n) is 22.3. The Balaban J connectivity index is 0.00000405. The number of aliphatic hydroxyl groups is 6. The van der Waals surface area contributed by atoms with E-state index in [2.05, 4.69) is 0 Å². The maximum Gasteiger partial charge on any atom is 0.229 e. The van der Waals surface area contributed by atoms with Crippen molar-refractivity contribution in [1.29, 1.82) is 0 Å². The minimum atomic E-state index is -1.75. The molecule has 0 radical (unpaired) electrons. The average molecular weight is 599 g/mol. The van der Waals surface area contributed by atoms with Gasteiger partial charge in [-0.05, 0) is 24.6 Å². The van der Waals surface area contributed by atoms with Crippen molar-refractivity contribution < 1.29 is 74.8 Å². The minimum Gasteiger partial charge on any atom is -0.508 e. The fourth-order valence-corrected chi connectivity index (χ4v) is 5.07. The lowest BCUT2D eigenvalue weighted by atomic mass is 9.95. The molecule has 0 aromatic heterocycles. The van der Waals surface area contributed by atoms with Gasteiger partial charge in [0.2, 0.25) is 6.29 Å². The summed E-state index contributed by atoms with van der Waals surface area (Å²) in [5, 5.41) is 81.6. The van der Waals surface area contributed by atoms with Crippen molar-refractivity contribution in [2.24, 2.45) is 0 Å². The first-order chi connectivity index (χ1) is 19.5. The van der Waals surface area contributed by atoms with Crippen molar-refractivity contribution in [2.45, 2.75) is 80.9 Å². The van der Waals surface area contributed by atoms with Gasteiger partial charge in [-0.2, -0.15) is 0 Å². The van der Waals surface area contributed by atoms with Crippen LogP contribution in [0.1, 0.15) is 35.4 Å². The lowest BCUT2D eigenvalue weighted by Gasteiger charge is -2.45. The number of hydrogen-bond donors (Lipinski definition) is 8. The third kappa shape index (κ3) is 6.02. The van der Waals surface area contributed by atoms with Gasteiger partial charge in [-0.1, -0.05) is 12.1 Å². The van der Waals surface area contributed by atoms with Gasteiger partial charge in [0.15, 0.2) is 18.2 Å². The molecule has 15 nitrogen and oxygen atoms in total. The molecule has 42 heavy (non-hydrogen) atoms. The molecule has 0 saturated carbocycles. The fourth-order valence-electron chi connectivity index (χ4n) is 5.07. The molecular weight excluding hydrogens is 564 g/mol. The standard InChI is InChI=1S/C27H32O14.H2O/c1-10-20(32)22(34)24(36)26(37-10)41-25-23(35)21(33)18(9-28)40-27(25)38-13-6-14(30)19-15(31)8-16(39-17(19)7-13)11-2-4-12(29)5-3-11;/h2-7,10,16,18,20-30,32-36H,8-9H2,1H3;1H2/t10-,16-,18+,20-,21+,22+,23-,24+,25+,26-,27+;/m0./s1. The average Bonchev–Trinajstić information content (AvgIpc) is 2.94. The summed E-state index contributed by atoms with van der Waals surface area (Å²) in [6.45, 7) is 0.716. The number of benzene rings is 2. The van der Waals surface area contributed by atoms with Crippen LogP contribution in [0.5, 0.6) is 23.0 Å². The maximum absolute atomic E-state index is 12.9. The molecule has 3 aliphatic heterocycles. The first kappa shape index (κ1) is 31.8. The van der Waals surface area contributed by atoms with Crippen molar-refractivity contribution >= 4 is 5.78 Å². The van der Waals surface area contributed by atoms with E-state index < -0.39 is 85.7 Å². The maximum atomic E-state index is 12.9. The molecule has 15 heteroatoms. The van der Waals surface area contributed by atoms with E-state index in [9.17, 15) is 45.6 Å². The van der Waals surface area contributed by atoms with E-state index in [-0.39, 0.29) is 34.7 Å². The number of aromatic hydroxyl groups is 2. The lowest BCUT2D eigenvalue weighted by Crippen LogP contribution is -2.64. The number of carbonyl (C=O) groups is 1. The predicted molar refractivity (Wildman–Crippen MR) is 138 cm³/mol. The highest BCUT2D eigenvalue weighted by atomic mass is 16.8. The van der Waals surface area contributed by atoms with E-state index in [4.69, 9.17) is 23.7 Å². The number of Topliss-reactive ketones (excluding diaryl/α,β-unsaturated/α-hetero) is 1. The molecular formula is C27H34O15. The van der Waals surface area contributed by atoms with Crippen LogP contribution in [0.2, 0.25) is 0 Å². The zero-order chi connectivity index (χ0) is 29.6. The van der Waals surface area contributed by atoms with Gasteiger partial charge in [0.05, 0.1) is 19.1 Å². The number of ether oxygens (including phenoxy) is 5. The molecule has 2 fully saturated rings. The van der Waals surface area contributed by atoms with Crippen LogP contribution in [0, 0.1) is 0 Å². The molecule has 0 unspecified atom stereocenters. The van der Waals surface area contributed by atoms with E-state index in [1.54, 1.807) is 12.1 Å². The number of hydrogen-bond acceptors (Lipinski definition) is 14. The smallest absolute Gasteiger partial charge is 0.229 e. The van der Waals surface area contributed by atoms with Crippen LogP contribution in [0.25, 0.3) is 0 Å². The van der Waals surface area contributed by atoms with E-state index in [1.165, 1.54) is 25.1 Å². The third-order valence-corrected chi connectivity index (χ3v) is 7.42. The van der Waals surface area contributed by atoms with Gasteiger partial charge in [-0.25, -0.2) is 0 Å².